The van der Waals surface area contributed by atoms with E-state index in [0.717, 1.165) is 6.07 Å². The second kappa shape index (κ2) is 6.53. The molecule has 0 spiro atoms. The van der Waals surface area contributed by atoms with Gasteiger partial charge in [-0.1, -0.05) is 18.2 Å². The first kappa shape index (κ1) is 16.7. The van der Waals surface area contributed by atoms with E-state index in [1.165, 1.54) is 28.6 Å². The fraction of sp³-hybridized carbons (Fsp3) is 0.167. The quantitative estimate of drug-likeness (QED) is 0.746. The summed E-state index contributed by atoms with van der Waals surface area (Å²) in [4.78, 5) is 16.5. The molecule has 1 unspecified atom stereocenters. The number of fused-ring (bicyclic) bond motifs is 1. The van der Waals surface area contributed by atoms with Crippen LogP contribution in [-0.4, -0.2) is 26.4 Å². The Kier molecular flexibility index (Phi) is 4.20. The van der Waals surface area contributed by atoms with Gasteiger partial charge < -0.3 is 5.32 Å². The van der Waals surface area contributed by atoms with Crippen molar-refractivity contribution < 1.29 is 13.6 Å². The first-order valence-electron chi connectivity index (χ1n) is 7.92. The van der Waals surface area contributed by atoms with E-state index in [-0.39, 0.29) is 17.2 Å². The fourth-order valence-corrected chi connectivity index (χ4v) is 4.20. The molecule has 1 atom stereocenters. The van der Waals surface area contributed by atoms with Gasteiger partial charge in [0.15, 0.2) is 17.5 Å². The molecule has 0 aliphatic carbocycles. The highest BCUT2D eigenvalue weighted by atomic mass is 32.2. The number of thioether (sulfide) groups is 1. The number of aryl methyl sites for hydroxylation is 1. The number of pyridine rings is 1. The lowest BCUT2D eigenvalue weighted by atomic mass is 10.0. The molecule has 1 aliphatic rings. The molecular weight excluding hydrogens is 358 g/mol. The third-order valence-electron chi connectivity index (χ3n) is 4.14. The molecule has 26 heavy (non-hydrogen) atoms. The van der Waals surface area contributed by atoms with Crippen molar-refractivity contribution >= 4 is 23.5 Å². The Morgan fingerprint density at radius 2 is 2.08 bits per heavy atom. The number of hydrogen-bond acceptors (Lipinski definition) is 4. The summed E-state index contributed by atoms with van der Waals surface area (Å²) in [6.07, 6.45) is 1.62. The van der Waals surface area contributed by atoms with Crippen molar-refractivity contribution in [1.82, 2.24) is 14.8 Å². The summed E-state index contributed by atoms with van der Waals surface area (Å²) < 4.78 is 29.7. The SMILES string of the molecule is Cc1nn(-c2ccccn2)c2c1C(c1cccc(F)c1F)SCC(=O)N2. The maximum atomic E-state index is 14.4. The van der Waals surface area contributed by atoms with Crippen molar-refractivity contribution in [1.29, 1.82) is 0 Å². The summed E-state index contributed by atoms with van der Waals surface area (Å²) in [7, 11) is 0. The Morgan fingerprint density at radius 1 is 1.23 bits per heavy atom. The summed E-state index contributed by atoms with van der Waals surface area (Å²) in [6, 6.07) is 9.42. The summed E-state index contributed by atoms with van der Waals surface area (Å²) in [5, 5.41) is 6.75. The fourth-order valence-electron chi connectivity index (χ4n) is 3.00. The largest absolute Gasteiger partial charge is 0.310 e. The topological polar surface area (TPSA) is 59.8 Å². The zero-order chi connectivity index (χ0) is 18.3. The first-order chi connectivity index (χ1) is 12.6. The molecule has 3 aromatic rings. The minimum Gasteiger partial charge on any atom is -0.310 e. The zero-order valence-electron chi connectivity index (χ0n) is 13.7. The first-order valence-corrected chi connectivity index (χ1v) is 8.97. The van der Waals surface area contributed by atoms with Gasteiger partial charge in [-0.15, -0.1) is 11.8 Å². The van der Waals surface area contributed by atoms with Crippen LogP contribution in [0, 0.1) is 18.6 Å². The molecule has 0 saturated heterocycles. The van der Waals surface area contributed by atoms with Gasteiger partial charge in [-0.25, -0.2) is 13.8 Å². The second-order valence-electron chi connectivity index (χ2n) is 5.83. The van der Waals surface area contributed by atoms with Gasteiger partial charge in [0.25, 0.3) is 0 Å². The van der Waals surface area contributed by atoms with Gasteiger partial charge in [0.1, 0.15) is 5.82 Å². The number of hydrogen-bond donors (Lipinski definition) is 1. The van der Waals surface area contributed by atoms with Gasteiger partial charge in [-0.2, -0.15) is 9.78 Å². The minimum atomic E-state index is -0.914. The van der Waals surface area contributed by atoms with E-state index in [0.29, 0.717) is 22.9 Å². The average molecular weight is 372 g/mol. The van der Waals surface area contributed by atoms with Crippen LogP contribution in [0.2, 0.25) is 0 Å². The van der Waals surface area contributed by atoms with Crippen molar-refractivity contribution in [2.24, 2.45) is 0 Å². The molecule has 3 heterocycles. The highest BCUT2D eigenvalue weighted by molar-refractivity contribution is 8.00. The number of aromatic nitrogens is 3. The van der Waals surface area contributed by atoms with Gasteiger partial charge in [0.2, 0.25) is 5.91 Å². The lowest BCUT2D eigenvalue weighted by Gasteiger charge is -2.16. The maximum absolute atomic E-state index is 14.4. The average Bonchev–Trinajstić information content (AvgIpc) is 2.85. The third-order valence-corrected chi connectivity index (χ3v) is 5.39. The second-order valence-corrected chi connectivity index (χ2v) is 6.92. The monoisotopic (exact) mass is 372 g/mol. The molecule has 8 heteroatoms. The smallest absolute Gasteiger partial charge is 0.235 e. The Balaban J connectivity index is 1.93. The van der Waals surface area contributed by atoms with E-state index in [1.807, 2.05) is 6.07 Å². The molecule has 1 aromatic carbocycles. The van der Waals surface area contributed by atoms with Crippen LogP contribution in [0.25, 0.3) is 5.82 Å². The molecule has 0 fully saturated rings. The standard InChI is InChI=1S/C18H14F2N4OS/c1-10-15-17(11-5-4-6-12(19)16(11)20)26-9-14(25)22-18(15)24(23-10)13-7-2-3-8-21-13/h2-8,17H,9H2,1H3,(H,22,25). The third kappa shape index (κ3) is 2.76. The summed E-state index contributed by atoms with van der Waals surface area (Å²) >= 11 is 1.24. The number of rotatable bonds is 2. The van der Waals surface area contributed by atoms with Crippen LogP contribution in [0.1, 0.15) is 22.1 Å². The Labute approximate surface area is 152 Å². The molecule has 0 radical (unpaired) electrons. The van der Waals surface area contributed by atoms with Gasteiger partial charge in [0, 0.05) is 17.3 Å². The molecule has 1 aliphatic heterocycles. The molecule has 5 nitrogen and oxygen atoms in total. The Morgan fingerprint density at radius 3 is 2.85 bits per heavy atom. The minimum absolute atomic E-state index is 0.122. The lowest BCUT2D eigenvalue weighted by Crippen LogP contribution is -2.16. The van der Waals surface area contributed by atoms with E-state index >= 15 is 0 Å². The lowest BCUT2D eigenvalue weighted by molar-refractivity contribution is -0.113. The van der Waals surface area contributed by atoms with E-state index < -0.39 is 16.9 Å². The van der Waals surface area contributed by atoms with Crippen LogP contribution < -0.4 is 5.32 Å². The molecule has 1 N–H and O–H groups in total. The van der Waals surface area contributed by atoms with Gasteiger partial charge in [-0.05, 0) is 25.1 Å². The van der Waals surface area contributed by atoms with Crippen LogP contribution in [0.3, 0.4) is 0 Å². The van der Waals surface area contributed by atoms with Gasteiger partial charge in [-0.3, -0.25) is 4.79 Å². The van der Waals surface area contributed by atoms with Crippen molar-refractivity contribution in [3.05, 3.63) is 71.1 Å². The number of nitrogens with one attached hydrogen (secondary N) is 1. The van der Waals surface area contributed by atoms with Crippen LogP contribution in [0.15, 0.2) is 42.6 Å². The molecular formula is C18H14F2N4OS. The Bertz CT molecular complexity index is 990. The summed E-state index contributed by atoms with van der Waals surface area (Å²) in [6.45, 7) is 1.78. The summed E-state index contributed by atoms with van der Waals surface area (Å²) in [5.41, 5.74) is 1.46. The van der Waals surface area contributed by atoms with E-state index in [1.54, 1.807) is 25.3 Å². The predicted molar refractivity (Wildman–Crippen MR) is 95.4 cm³/mol. The number of amides is 1. The number of nitrogens with zero attached hydrogens (tertiary/aromatic N) is 3. The maximum Gasteiger partial charge on any atom is 0.235 e. The number of halogens is 2. The summed E-state index contributed by atoms with van der Waals surface area (Å²) in [5.74, 6) is -0.963. The molecule has 132 valence electrons. The van der Waals surface area contributed by atoms with E-state index in [4.69, 9.17) is 0 Å². The highest BCUT2D eigenvalue weighted by Gasteiger charge is 2.32. The normalized spacial score (nSPS) is 16.7. The van der Waals surface area contributed by atoms with Crippen molar-refractivity contribution in [2.45, 2.75) is 12.2 Å². The van der Waals surface area contributed by atoms with Crippen LogP contribution in [0.4, 0.5) is 14.6 Å². The van der Waals surface area contributed by atoms with Crippen molar-refractivity contribution in [3.63, 3.8) is 0 Å². The molecule has 0 saturated carbocycles. The number of carbonyl (C=O) groups excluding carboxylic acids is 1. The number of carbonyl (C=O) groups is 1. The molecule has 2 aromatic heterocycles. The molecule has 0 bridgehead atoms. The van der Waals surface area contributed by atoms with E-state index in [2.05, 4.69) is 15.4 Å². The van der Waals surface area contributed by atoms with Crippen LogP contribution in [0.5, 0.6) is 0 Å². The number of anilines is 1. The zero-order valence-corrected chi connectivity index (χ0v) is 14.6. The molecule has 1 amide bonds. The van der Waals surface area contributed by atoms with E-state index in [9.17, 15) is 13.6 Å². The van der Waals surface area contributed by atoms with Gasteiger partial charge in [0.05, 0.1) is 16.7 Å². The van der Waals surface area contributed by atoms with Gasteiger partial charge >= 0.3 is 0 Å². The number of benzene rings is 1. The Hall–Kier alpha value is -2.74. The predicted octanol–water partition coefficient (Wildman–Crippen LogP) is 3.63. The van der Waals surface area contributed by atoms with Crippen LogP contribution in [-0.2, 0) is 4.79 Å². The molecule has 4 rings (SSSR count). The highest BCUT2D eigenvalue weighted by Crippen LogP contribution is 2.44. The van der Waals surface area contributed by atoms with Crippen LogP contribution >= 0.6 is 11.8 Å². The van der Waals surface area contributed by atoms with Crippen molar-refractivity contribution in [3.8, 4) is 5.82 Å². The van der Waals surface area contributed by atoms with Crippen molar-refractivity contribution in [2.75, 3.05) is 11.1 Å².